The maximum atomic E-state index is 12.5. The van der Waals surface area contributed by atoms with Gasteiger partial charge in [-0.05, 0) is 43.2 Å². The number of carbonyl (C=O) groups is 1. The Hall–Kier alpha value is -2.71. The second-order valence-electron chi connectivity index (χ2n) is 6.54. The van der Waals surface area contributed by atoms with Gasteiger partial charge in [-0.3, -0.25) is 0 Å². The third-order valence-corrected chi connectivity index (χ3v) is 6.02. The fourth-order valence-electron chi connectivity index (χ4n) is 2.63. The van der Waals surface area contributed by atoms with Crippen LogP contribution in [0.1, 0.15) is 27.2 Å². The van der Waals surface area contributed by atoms with E-state index in [0.29, 0.717) is 11.3 Å². The maximum Gasteiger partial charge on any atom is 0.338 e. The lowest BCUT2D eigenvalue weighted by Gasteiger charge is -2.13. The standard InChI is InChI=1S/C19H21N3O4S/c1-13-5-8-18-20-15(11-22(18)10-13)12-26-19(23)17-9-16(7-6-14(17)2)27(24,25)21(3)4/h5-11H,12H2,1-4H3. The number of ether oxygens (including phenoxy) is 1. The van der Waals surface area contributed by atoms with Gasteiger partial charge in [0, 0.05) is 26.5 Å². The predicted octanol–water partition coefficient (Wildman–Crippen LogP) is 2.56. The van der Waals surface area contributed by atoms with Crippen LogP contribution in [0.5, 0.6) is 0 Å². The predicted molar refractivity (Wildman–Crippen MR) is 101 cm³/mol. The number of nitrogens with zero attached hydrogens (tertiary/aromatic N) is 3. The molecule has 0 saturated heterocycles. The Morgan fingerprint density at radius 3 is 2.59 bits per heavy atom. The molecule has 0 atom stereocenters. The Labute approximate surface area is 158 Å². The van der Waals surface area contributed by atoms with Crippen LogP contribution in [0.4, 0.5) is 0 Å². The van der Waals surface area contributed by atoms with Crippen molar-refractivity contribution < 1.29 is 17.9 Å². The van der Waals surface area contributed by atoms with Gasteiger partial charge in [-0.2, -0.15) is 0 Å². The zero-order chi connectivity index (χ0) is 19.8. The molecule has 3 aromatic rings. The number of benzene rings is 1. The molecule has 0 unspecified atom stereocenters. The highest BCUT2D eigenvalue weighted by Gasteiger charge is 2.21. The van der Waals surface area contributed by atoms with Gasteiger partial charge in [0.05, 0.1) is 16.2 Å². The molecule has 1 aromatic carbocycles. The number of rotatable bonds is 5. The molecule has 2 heterocycles. The highest BCUT2D eigenvalue weighted by atomic mass is 32.2. The first-order chi connectivity index (χ1) is 12.7. The normalized spacial score (nSPS) is 11.9. The lowest BCUT2D eigenvalue weighted by Crippen LogP contribution is -2.22. The SMILES string of the molecule is Cc1ccc2nc(COC(=O)c3cc(S(=O)(=O)N(C)C)ccc3C)cn2c1. The molecule has 7 nitrogen and oxygen atoms in total. The Morgan fingerprint density at radius 1 is 1.15 bits per heavy atom. The van der Waals surface area contributed by atoms with Crippen molar-refractivity contribution in [3.63, 3.8) is 0 Å². The summed E-state index contributed by atoms with van der Waals surface area (Å²) in [6.07, 6.45) is 3.74. The maximum absolute atomic E-state index is 12.5. The molecule has 0 saturated carbocycles. The van der Waals surface area contributed by atoms with Crippen LogP contribution in [-0.2, 0) is 21.4 Å². The summed E-state index contributed by atoms with van der Waals surface area (Å²) in [6.45, 7) is 3.72. The van der Waals surface area contributed by atoms with Crippen LogP contribution in [0, 0.1) is 13.8 Å². The van der Waals surface area contributed by atoms with Crippen molar-refractivity contribution >= 4 is 21.6 Å². The van der Waals surface area contributed by atoms with Crippen LogP contribution in [-0.4, -0.2) is 42.2 Å². The van der Waals surface area contributed by atoms with E-state index in [2.05, 4.69) is 4.98 Å². The van der Waals surface area contributed by atoms with Crippen LogP contribution in [0.15, 0.2) is 47.6 Å². The lowest BCUT2D eigenvalue weighted by molar-refractivity contribution is 0.0467. The van der Waals surface area contributed by atoms with Crippen molar-refractivity contribution in [2.24, 2.45) is 0 Å². The fourth-order valence-corrected chi connectivity index (χ4v) is 3.56. The topological polar surface area (TPSA) is 81.0 Å². The summed E-state index contributed by atoms with van der Waals surface area (Å²) in [5.74, 6) is -0.587. The number of sulfonamides is 1. The van der Waals surface area contributed by atoms with Crippen LogP contribution < -0.4 is 0 Å². The molecule has 0 bridgehead atoms. The summed E-state index contributed by atoms with van der Waals surface area (Å²) in [7, 11) is -0.743. The second kappa shape index (κ2) is 7.13. The minimum atomic E-state index is -3.63. The van der Waals surface area contributed by atoms with Gasteiger partial charge in [0.25, 0.3) is 0 Å². The van der Waals surface area contributed by atoms with Crippen LogP contribution >= 0.6 is 0 Å². The van der Waals surface area contributed by atoms with Crippen molar-refractivity contribution in [3.05, 3.63) is 65.1 Å². The molecule has 2 aromatic heterocycles. The van der Waals surface area contributed by atoms with Crippen molar-refractivity contribution in [2.45, 2.75) is 25.3 Å². The first-order valence-corrected chi connectivity index (χ1v) is 9.77. The van der Waals surface area contributed by atoms with E-state index >= 15 is 0 Å². The molecule has 0 N–H and O–H groups in total. The largest absolute Gasteiger partial charge is 0.456 e. The quantitative estimate of drug-likeness (QED) is 0.629. The van der Waals surface area contributed by atoms with Gasteiger partial charge in [0.2, 0.25) is 10.0 Å². The summed E-state index contributed by atoms with van der Waals surface area (Å²) < 4.78 is 32.9. The van der Waals surface area contributed by atoms with Crippen LogP contribution in [0.3, 0.4) is 0 Å². The van der Waals surface area contributed by atoms with Crippen LogP contribution in [0.2, 0.25) is 0 Å². The van der Waals surface area contributed by atoms with Gasteiger partial charge in [0.15, 0.2) is 0 Å². The minimum absolute atomic E-state index is 0.00363. The molecule has 8 heteroatoms. The van der Waals surface area contributed by atoms with Gasteiger partial charge >= 0.3 is 5.97 Å². The highest BCUT2D eigenvalue weighted by molar-refractivity contribution is 7.89. The molecule has 3 rings (SSSR count). The Morgan fingerprint density at radius 2 is 1.89 bits per heavy atom. The van der Waals surface area contributed by atoms with E-state index in [9.17, 15) is 13.2 Å². The monoisotopic (exact) mass is 387 g/mol. The number of pyridine rings is 1. The van der Waals surface area contributed by atoms with Crippen molar-refractivity contribution in [3.8, 4) is 0 Å². The molecule has 0 spiro atoms. The number of hydrogen-bond donors (Lipinski definition) is 0. The summed E-state index contributed by atoms with van der Waals surface area (Å²) >= 11 is 0. The summed E-state index contributed by atoms with van der Waals surface area (Å²) in [5, 5.41) is 0. The average molecular weight is 387 g/mol. The Kier molecular flexibility index (Phi) is 5.03. The van der Waals surface area contributed by atoms with Crippen LogP contribution in [0.25, 0.3) is 5.65 Å². The number of hydrogen-bond acceptors (Lipinski definition) is 5. The van der Waals surface area contributed by atoms with E-state index in [4.69, 9.17) is 4.74 Å². The highest BCUT2D eigenvalue weighted by Crippen LogP contribution is 2.19. The number of imidazole rings is 1. The van der Waals surface area contributed by atoms with Crippen molar-refractivity contribution in [1.29, 1.82) is 0 Å². The molecular weight excluding hydrogens is 366 g/mol. The lowest BCUT2D eigenvalue weighted by atomic mass is 10.1. The number of fused-ring (bicyclic) bond motifs is 1. The molecule has 0 fully saturated rings. The fraction of sp³-hybridized carbons (Fsp3) is 0.263. The molecule has 27 heavy (non-hydrogen) atoms. The third kappa shape index (κ3) is 3.86. The molecule has 142 valence electrons. The van der Waals surface area contributed by atoms with E-state index in [0.717, 1.165) is 15.5 Å². The molecular formula is C19H21N3O4S. The molecule has 0 aliphatic rings. The van der Waals surface area contributed by atoms with E-state index in [-0.39, 0.29) is 17.1 Å². The van der Waals surface area contributed by atoms with Gasteiger partial charge in [-0.25, -0.2) is 22.5 Å². The summed E-state index contributed by atoms with van der Waals surface area (Å²) in [4.78, 5) is 16.9. The first kappa shape index (κ1) is 19.1. The first-order valence-electron chi connectivity index (χ1n) is 8.33. The van der Waals surface area contributed by atoms with Gasteiger partial charge in [-0.1, -0.05) is 12.1 Å². The zero-order valence-electron chi connectivity index (χ0n) is 15.6. The van der Waals surface area contributed by atoms with E-state index < -0.39 is 16.0 Å². The Balaban J connectivity index is 1.81. The molecule has 0 aliphatic carbocycles. The summed E-state index contributed by atoms with van der Waals surface area (Å²) in [5.41, 5.74) is 3.34. The van der Waals surface area contributed by atoms with E-state index in [1.807, 2.05) is 29.7 Å². The van der Waals surface area contributed by atoms with E-state index in [1.165, 1.54) is 26.2 Å². The van der Waals surface area contributed by atoms with Gasteiger partial charge in [-0.15, -0.1) is 0 Å². The smallest absolute Gasteiger partial charge is 0.338 e. The van der Waals surface area contributed by atoms with Crippen molar-refractivity contribution in [1.82, 2.24) is 13.7 Å². The van der Waals surface area contributed by atoms with Gasteiger partial charge < -0.3 is 9.14 Å². The van der Waals surface area contributed by atoms with Gasteiger partial charge in [0.1, 0.15) is 12.3 Å². The second-order valence-corrected chi connectivity index (χ2v) is 8.70. The molecule has 0 amide bonds. The number of esters is 1. The average Bonchev–Trinajstić information content (AvgIpc) is 3.01. The number of aryl methyl sites for hydroxylation is 2. The van der Waals surface area contributed by atoms with E-state index in [1.54, 1.807) is 19.2 Å². The third-order valence-electron chi connectivity index (χ3n) is 4.21. The zero-order valence-corrected chi connectivity index (χ0v) is 16.4. The number of carbonyl (C=O) groups excluding carboxylic acids is 1. The van der Waals surface area contributed by atoms with Crippen molar-refractivity contribution in [2.75, 3.05) is 14.1 Å². The summed E-state index contributed by atoms with van der Waals surface area (Å²) in [6, 6.07) is 8.27. The molecule has 0 aliphatic heterocycles. The number of aromatic nitrogens is 2. The Bertz CT molecular complexity index is 1120. The molecule has 0 radical (unpaired) electrons. The minimum Gasteiger partial charge on any atom is -0.456 e.